The fourth-order valence-electron chi connectivity index (χ4n) is 2.99. The van der Waals surface area contributed by atoms with Gasteiger partial charge in [-0.15, -0.1) is 0 Å². The molecule has 20 heavy (non-hydrogen) atoms. The molecule has 3 nitrogen and oxygen atoms in total. The summed E-state index contributed by atoms with van der Waals surface area (Å²) in [5, 5.41) is 4.64. The zero-order chi connectivity index (χ0) is 14.3. The molecule has 108 valence electrons. The lowest BCUT2D eigenvalue weighted by molar-refractivity contribution is -0.133. The van der Waals surface area contributed by atoms with Crippen LogP contribution in [0.1, 0.15) is 24.8 Å². The highest BCUT2D eigenvalue weighted by Crippen LogP contribution is 2.49. The molecule has 1 aromatic carbocycles. The number of halogens is 2. The van der Waals surface area contributed by atoms with Gasteiger partial charge in [-0.3, -0.25) is 4.79 Å². The van der Waals surface area contributed by atoms with Gasteiger partial charge in [0.1, 0.15) is 0 Å². The zero-order valence-electron chi connectivity index (χ0n) is 11.4. The highest BCUT2D eigenvalue weighted by molar-refractivity contribution is 6.34. The van der Waals surface area contributed by atoms with Gasteiger partial charge in [-0.25, -0.2) is 0 Å². The number of amides is 1. The molecule has 3 rings (SSSR count). The zero-order valence-corrected chi connectivity index (χ0v) is 12.9. The van der Waals surface area contributed by atoms with Crippen molar-refractivity contribution < 1.29 is 4.79 Å². The fourth-order valence-corrected chi connectivity index (χ4v) is 3.54. The summed E-state index contributed by atoms with van der Waals surface area (Å²) >= 11 is 12.1. The standard InChI is InChI=1S/C15H18Cl2N2O/c1-9-8-19(3-2-18-9)15(20)14-7-13(14)10-4-11(16)6-12(17)5-10/h4-6,9,13-14,18H,2-3,7-8H2,1H3. The van der Waals surface area contributed by atoms with Crippen LogP contribution in [0.15, 0.2) is 18.2 Å². The summed E-state index contributed by atoms with van der Waals surface area (Å²) < 4.78 is 0. The Morgan fingerprint density at radius 3 is 2.65 bits per heavy atom. The molecule has 1 saturated carbocycles. The van der Waals surface area contributed by atoms with Crippen LogP contribution in [-0.4, -0.2) is 36.5 Å². The molecule has 1 aromatic rings. The molecule has 1 N–H and O–H groups in total. The third-order valence-electron chi connectivity index (χ3n) is 4.10. The summed E-state index contributed by atoms with van der Waals surface area (Å²) in [5.41, 5.74) is 1.09. The van der Waals surface area contributed by atoms with Gasteiger partial charge >= 0.3 is 0 Å². The number of carbonyl (C=O) groups excluding carboxylic acids is 1. The van der Waals surface area contributed by atoms with Crippen molar-refractivity contribution in [1.29, 1.82) is 0 Å². The molecule has 1 heterocycles. The molecule has 1 saturated heterocycles. The third-order valence-corrected chi connectivity index (χ3v) is 4.54. The number of hydrogen-bond acceptors (Lipinski definition) is 2. The highest BCUT2D eigenvalue weighted by atomic mass is 35.5. The summed E-state index contributed by atoms with van der Waals surface area (Å²) in [7, 11) is 0. The van der Waals surface area contributed by atoms with Crippen LogP contribution >= 0.6 is 23.2 Å². The van der Waals surface area contributed by atoms with Gasteiger partial charge in [0.15, 0.2) is 0 Å². The van der Waals surface area contributed by atoms with Crippen molar-refractivity contribution in [1.82, 2.24) is 10.2 Å². The smallest absolute Gasteiger partial charge is 0.226 e. The van der Waals surface area contributed by atoms with E-state index in [0.29, 0.717) is 16.1 Å². The maximum atomic E-state index is 12.5. The van der Waals surface area contributed by atoms with E-state index in [1.807, 2.05) is 17.0 Å². The van der Waals surface area contributed by atoms with Crippen molar-refractivity contribution in [2.24, 2.45) is 5.92 Å². The summed E-state index contributed by atoms with van der Waals surface area (Å²) in [5.74, 6) is 0.665. The minimum atomic E-state index is 0.106. The van der Waals surface area contributed by atoms with E-state index in [0.717, 1.165) is 31.6 Å². The quantitative estimate of drug-likeness (QED) is 0.910. The number of rotatable bonds is 2. The van der Waals surface area contributed by atoms with Crippen molar-refractivity contribution in [2.75, 3.05) is 19.6 Å². The van der Waals surface area contributed by atoms with Crippen LogP contribution in [0.2, 0.25) is 10.0 Å². The van der Waals surface area contributed by atoms with E-state index >= 15 is 0 Å². The molecule has 0 spiro atoms. The number of benzene rings is 1. The van der Waals surface area contributed by atoms with E-state index in [9.17, 15) is 4.79 Å². The molecule has 3 atom stereocenters. The Kier molecular flexibility index (Phi) is 3.93. The predicted molar refractivity (Wildman–Crippen MR) is 81.4 cm³/mol. The Balaban J connectivity index is 1.67. The van der Waals surface area contributed by atoms with Crippen LogP contribution in [0.25, 0.3) is 0 Å². The summed E-state index contributed by atoms with van der Waals surface area (Å²) in [6, 6.07) is 5.95. The lowest BCUT2D eigenvalue weighted by Gasteiger charge is -2.32. The molecule has 0 bridgehead atoms. The van der Waals surface area contributed by atoms with Crippen molar-refractivity contribution in [3.63, 3.8) is 0 Å². The maximum absolute atomic E-state index is 12.5. The van der Waals surface area contributed by atoms with E-state index in [1.165, 1.54) is 0 Å². The SMILES string of the molecule is CC1CN(C(=O)C2CC2c2cc(Cl)cc(Cl)c2)CCN1. The van der Waals surface area contributed by atoms with Crippen LogP contribution in [0.5, 0.6) is 0 Å². The first-order valence-electron chi connectivity index (χ1n) is 7.03. The normalized spacial score (nSPS) is 29.4. The van der Waals surface area contributed by atoms with E-state index < -0.39 is 0 Å². The van der Waals surface area contributed by atoms with Crippen molar-refractivity contribution in [2.45, 2.75) is 25.3 Å². The summed E-state index contributed by atoms with van der Waals surface area (Å²) in [6.07, 6.45) is 0.911. The minimum absolute atomic E-state index is 0.106. The second-order valence-electron chi connectivity index (χ2n) is 5.79. The van der Waals surface area contributed by atoms with Crippen LogP contribution < -0.4 is 5.32 Å². The molecule has 1 aliphatic carbocycles. The van der Waals surface area contributed by atoms with Crippen LogP contribution in [0.4, 0.5) is 0 Å². The number of carbonyl (C=O) groups is 1. The average Bonchev–Trinajstić information content (AvgIpc) is 3.17. The van der Waals surface area contributed by atoms with Gasteiger partial charge in [-0.2, -0.15) is 0 Å². The molecule has 2 fully saturated rings. The van der Waals surface area contributed by atoms with Gasteiger partial charge in [0.05, 0.1) is 0 Å². The van der Waals surface area contributed by atoms with Gasteiger partial charge in [0.25, 0.3) is 0 Å². The Morgan fingerprint density at radius 2 is 2.00 bits per heavy atom. The van der Waals surface area contributed by atoms with Gasteiger partial charge in [-0.1, -0.05) is 23.2 Å². The second kappa shape index (κ2) is 5.55. The average molecular weight is 313 g/mol. The summed E-state index contributed by atoms with van der Waals surface area (Å²) in [4.78, 5) is 14.5. The molecule has 0 aromatic heterocycles. The van der Waals surface area contributed by atoms with Crippen molar-refractivity contribution in [3.05, 3.63) is 33.8 Å². The van der Waals surface area contributed by atoms with Gasteiger partial charge in [0.2, 0.25) is 5.91 Å². The largest absolute Gasteiger partial charge is 0.340 e. The topological polar surface area (TPSA) is 32.3 Å². The number of nitrogens with zero attached hydrogens (tertiary/aromatic N) is 1. The molecule has 0 radical (unpaired) electrons. The van der Waals surface area contributed by atoms with Crippen LogP contribution in [0.3, 0.4) is 0 Å². The second-order valence-corrected chi connectivity index (χ2v) is 6.66. The number of nitrogens with one attached hydrogen (secondary N) is 1. The highest BCUT2D eigenvalue weighted by Gasteiger charge is 2.46. The van der Waals surface area contributed by atoms with E-state index in [4.69, 9.17) is 23.2 Å². The Hall–Kier alpha value is -0.770. The third kappa shape index (κ3) is 2.95. The first-order chi connectivity index (χ1) is 9.54. The molecular weight excluding hydrogens is 295 g/mol. The van der Waals surface area contributed by atoms with Crippen molar-refractivity contribution >= 4 is 29.1 Å². The van der Waals surface area contributed by atoms with Gasteiger partial charge in [0, 0.05) is 41.6 Å². The Labute approximate surface area is 129 Å². The van der Waals surface area contributed by atoms with Gasteiger partial charge in [-0.05, 0) is 43.0 Å². The van der Waals surface area contributed by atoms with E-state index in [-0.39, 0.29) is 17.7 Å². The van der Waals surface area contributed by atoms with E-state index in [1.54, 1.807) is 6.07 Å². The van der Waals surface area contributed by atoms with E-state index in [2.05, 4.69) is 12.2 Å². The fraction of sp³-hybridized carbons (Fsp3) is 0.533. The monoisotopic (exact) mass is 312 g/mol. The number of piperazine rings is 1. The predicted octanol–water partition coefficient (Wildman–Crippen LogP) is 2.92. The molecule has 5 heteroatoms. The van der Waals surface area contributed by atoms with Crippen LogP contribution in [0, 0.1) is 5.92 Å². The number of hydrogen-bond donors (Lipinski definition) is 1. The Bertz CT molecular complexity index is 514. The minimum Gasteiger partial charge on any atom is -0.340 e. The first-order valence-corrected chi connectivity index (χ1v) is 7.78. The Morgan fingerprint density at radius 1 is 1.30 bits per heavy atom. The molecule has 2 aliphatic rings. The molecular formula is C15H18Cl2N2O. The molecule has 1 aliphatic heterocycles. The lowest BCUT2D eigenvalue weighted by Crippen LogP contribution is -2.51. The molecule has 1 amide bonds. The summed E-state index contributed by atoms with van der Waals surface area (Å²) in [6.45, 7) is 4.61. The van der Waals surface area contributed by atoms with Gasteiger partial charge < -0.3 is 10.2 Å². The van der Waals surface area contributed by atoms with Crippen molar-refractivity contribution in [3.8, 4) is 0 Å². The lowest BCUT2D eigenvalue weighted by atomic mass is 10.1. The molecule has 3 unspecified atom stereocenters. The van der Waals surface area contributed by atoms with Crippen LogP contribution in [-0.2, 0) is 4.79 Å². The first kappa shape index (κ1) is 14.2. The maximum Gasteiger partial charge on any atom is 0.226 e.